The second-order valence-corrected chi connectivity index (χ2v) is 6.71. The number of rotatable bonds is 6. The van der Waals surface area contributed by atoms with Gasteiger partial charge in [0.25, 0.3) is 0 Å². The lowest BCUT2D eigenvalue weighted by atomic mass is 10.1. The molecule has 1 aliphatic heterocycles. The molecule has 0 radical (unpaired) electrons. The largest absolute Gasteiger partial charge is 0.490 e. The maximum absolute atomic E-state index is 13.8. The maximum Gasteiger partial charge on any atom is 0.161 e. The lowest BCUT2D eigenvalue weighted by Crippen LogP contribution is -2.34. The molecule has 0 aromatic heterocycles. The van der Waals surface area contributed by atoms with Gasteiger partial charge < -0.3 is 14.4 Å². The van der Waals surface area contributed by atoms with Gasteiger partial charge in [-0.05, 0) is 50.5 Å². The molecule has 0 unspecified atom stereocenters. The van der Waals surface area contributed by atoms with Gasteiger partial charge in [-0.1, -0.05) is 30.4 Å². The molecule has 0 amide bonds. The Labute approximate surface area is 159 Å². The fraction of sp³-hybridized carbons (Fsp3) is 0.381. The van der Waals surface area contributed by atoms with Crippen LogP contribution in [0.4, 0.5) is 4.39 Å². The number of hydrogen-bond acceptors (Lipinski definition) is 3. The van der Waals surface area contributed by atoms with E-state index in [0.29, 0.717) is 23.7 Å². The van der Waals surface area contributed by atoms with Crippen molar-refractivity contribution in [2.45, 2.75) is 32.8 Å². The standard InChI is InChI=1S/C21H24FNO2S/c1-2-24-20-14-16(21(26)23-12-6-3-7-13-23)10-11-19(20)25-15-17-8-4-5-9-18(17)22/h4-5,8-11,14H,2-3,6-7,12-13,15H2,1H3. The van der Waals surface area contributed by atoms with Crippen molar-refractivity contribution in [3.63, 3.8) is 0 Å². The van der Waals surface area contributed by atoms with E-state index in [0.717, 1.165) is 23.6 Å². The Kier molecular flexibility index (Phi) is 6.45. The molecule has 0 spiro atoms. The number of halogens is 1. The number of thiocarbonyl (C=S) groups is 1. The van der Waals surface area contributed by atoms with Gasteiger partial charge in [-0.25, -0.2) is 4.39 Å². The highest BCUT2D eigenvalue weighted by Gasteiger charge is 2.17. The Morgan fingerprint density at radius 3 is 2.54 bits per heavy atom. The Balaban J connectivity index is 1.75. The summed E-state index contributed by atoms with van der Waals surface area (Å²) in [6.07, 6.45) is 3.64. The number of benzene rings is 2. The molecule has 0 bridgehead atoms. The van der Waals surface area contributed by atoms with Gasteiger partial charge in [-0.3, -0.25) is 0 Å². The summed E-state index contributed by atoms with van der Waals surface area (Å²) >= 11 is 5.67. The fourth-order valence-corrected chi connectivity index (χ4v) is 3.39. The van der Waals surface area contributed by atoms with Crippen molar-refractivity contribution in [3.05, 3.63) is 59.4 Å². The first-order valence-corrected chi connectivity index (χ1v) is 9.52. The zero-order chi connectivity index (χ0) is 18.4. The summed E-state index contributed by atoms with van der Waals surface area (Å²) in [6.45, 7) is 4.62. The predicted molar refractivity (Wildman–Crippen MR) is 105 cm³/mol. The van der Waals surface area contributed by atoms with Crippen molar-refractivity contribution < 1.29 is 13.9 Å². The lowest BCUT2D eigenvalue weighted by molar-refractivity contribution is 0.265. The summed E-state index contributed by atoms with van der Waals surface area (Å²) in [6, 6.07) is 12.4. The topological polar surface area (TPSA) is 21.7 Å². The van der Waals surface area contributed by atoms with Crippen molar-refractivity contribution in [1.82, 2.24) is 4.90 Å². The minimum Gasteiger partial charge on any atom is -0.490 e. The highest BCUT2D eigenvalue weighted by molar-refractivity contribution is 7.80. The van der Waals surface area contributed by atoms with Crippen LogP contribution in [0.5, 0.6) is 11.5 Å². The summed E-state index contributed by atoms with van der Waals surface area (Å²) in [5.74, 6) is 0.967. The summed E-state index contributed by atoms with van der Waals surface area (Å²) in [4.78, 5) is 3.11. The highest BCUT2D eigenvalue weighted by Crippen LogP contribution is 2.30. The third-order valence-corrected chi connectivity index (χ3v) is 4.97. The van der Waals surface area contributed by atoms with Crippen molar-refractivity contribution in [2.75, 3.05) is 19.7 Å². The number of nitrogens with zero attached hydrogens (tertiary/aromatic N) is 1. The predicted octanol–water partition coefficient (Wildman–Crippen LogP) is 4.96. The van der Waals surface area contributed by atoms with Crippen LogP contribution in [0.2, 0.25) is 0 Å². The third kappa shape index (κ3) is 4.52. The summed E-state index contributed by atoms with van der Waals surface area (Å²) < 4.78 is 25.3. The lowest BCUT2D eigenvalue weighted by Gasteiger charge is -2.29. The van der Waals surface area contributed by atoms with Gasteiger partial charge in [0.1, 0.15) is 17.4 Å². The van der Waals surface area contributed by atoms with E-state index in [9.17, 15) is 4.39 Å². The molecule has 3 nitrogen and oxygen atoms in total. The normalized spacial score (nSPS) is 14.2. The molecule has 3 rings (SSSR count). The van der Waals surface area contributed by atoms with Crippen LogP contribution in [0, 0.1) is 5.82 Å². The van der Waals surface area contributed by atoms with E-state index in [4.69, 9.17) is 21.7 Å². The second-order valence-electron chi connectivity index (χ2n) is 6.33. The van der Waals surface area contributed by atoms with Gasteiger partial charge in [0.2, 0.25) is 0 Å². The third-order valence-electron chi connectivity index (χ3n) is 4.47. The zero-order valence-electron chi connectivity index (χ0n) is 15.0. The molecule has 1 fully saturated rings. The molecular weight excluding hydrogens is 349 g/mol. The molecule has 0 N–H and O–H groups in total. The quantitative estimate of drug-likeness (QED) is 0.667. The number of likely N-dealkylation sites (tertiary alicyclic amines) is 1. The van der Waals surface area contributed by atoms with Crippen LogP contribution in [0.15, 0.2) is 42.5 Å². The number of ether oxygens (including phenoxy) is 2. The molecule has 0 aliphatic carbocycles. The number of piperidine rings is 1. The van der Waals surface area contributed by atoms with Gasteiger partial charge in [-0.2, -0.15) is 0 Å². The second kappa shape index (κ2) is 8.99. The number of hydrogen-bond donors (Lipinski definition) is 0. The molecular formula is C21H24FNO2S. The first kappa shape index (κ1) is 18.6. The van der Waals surface area contributed by atoms with E-state index < -0.39 is 0 Å². The van der Waals surface area contributed by atoms with Crippen LogP contribution in [0.25, 0.3) is 0 Å². The zero-order valence-corrected chi connectivity index (χ0v) is 15.9. The molecule has 1 aliphatic rings. The van der Waals surface area contributed by atoms with Crippen LogP contribution in [0.3, 0.4) is 0 Å². The monoisotopic (exact) mass is 373 g/mol. The van der Waals surface area contributed by atoms with Gasteiger partial charge in [0, 0.05) is 24.2 Å². The van der Waals surface area contributed by atoms with Gasteiger partial charge in [0.15, 0.2) is 11.5 Å². The van der Waals surface area contributed by atoms with Crippen LogP contribution in [0.1, 0.15) is 37.3 Å². The first-order valence-electron chi connectivity index (χ1n) is 9.11. The van der Waals surface area contributed by atoms with Gasteiger partial charge in [-0.15, -0.1) is 0 Å². The molecule has 1 heterocycles. The van der Waals surface area contributed by atoms with E-state index in [1.54, 1.807) is 18.2 Å². The molecule has 0 saturated carbocycles. The summed E-state index contributed by atoms with van der Waals surface area (Å²) in [5, 5.41) is 0. The summed E-state index contributed by atoms with van der Waals surface area (Å²) in [5.41, 5.74) is 1.48. The minimum atomic E-state index is -0.270. The molecule has 0 atom stereocenters. The SMILES string of the molecule is CCOc1cc(C(=S)N2CCCCC2)ccc1OCc1ccccc1F. The molecule has 2 aromatic carbocycles. The molecule has 1 saturated heterocycles. The van der Waals surface area contributed by atoms with Crippen molar-refractivity contribution in [3.8, 4) is 11.5 Å². The fourth-order valence-electron chi connectivity index (χ4n) is 3.08. The molecule has 138 valence electrons. The molecule has 5 heteroatoms. The Bertz CT molecular complexity index is 759. The van der Waals surface area contributed by atoms with Crippen LogP contribution in [-0.4, -0.2) is 29.6 Å². The highest BCUT2D eigenvalue weighted by atomic mass is 32.1. The van der Waals surface area contributed by atoms with Crippen LogP contribution < -0.4 is 9.47 Å². The Morgan fingerprint density at radius 1 is 1.04 bits per heavy atom. The average molecular weight is 373 g/mol. The smallest absolute Gasteiger partial charge is 0.161 e. The Morgan fingerprint density at radius 2 is 1.81 bits per heavy atom. The first-order chi connectivity index (χ1) is 12.7. The van der Waals surface area contributed by atoms with E-state index in [-0.39, 0.29) is 12.4 Å². The van der Waals surface area contributed by atoms with Crippen molar-refractivity contribution in [2.24, 2.45) is 0 Å². The van der Waals surface area contributed by atoms with Crippen LogP contribution in [-0.2, 0) is 6.61 Å². The van der Waals surface area contributed by atoms with E-state index in [1.807, 2.05) is 25.1 Å². The van der Waals surface area contributed by atoms with Gasteiger partial charge >= 0.3 is 0 Å². The maximum atomic E-state index is 13.8. The van der Waals surface area contributed by atoms with E-state index >= 15 is 0 Å². The van der Waals surface area contributed by atoms with E-state index in [2.05, 4.69) is 4.90 Å². The Hall–Kier alpha value is -2.14. The van der Waals surface area contributed by atoms with Gasteiger partial charge in [0.05, 0.1) is 6.61 Å². The summed E-state index contributed by atoms with van der Waals surface area (Å²) in [7, 11) is 0. The van der Waals surface area contributed by atoms with Crippen LogP contribution >= 0.6 is 12.2 Å². The molecule has 26 heavy (non-hydrogen) atoms. The average Bonchev–Trinajstić information content (AvgIpc) is 2.68. The minimum absolute atomic E-state index is 0.155. The van der Waals surface area contributed by atoms with Crippen molar-refractivity contribution >= 4 is 17.2 Å². The molecule has 2 aromatic rings. The van der Waals surface area contributed by atoms with E-state index in [1.165, 1.54) is 25.3 Å². The van der Waals surface area contributed by atoms with Crippen molar-refractivity contribution in [1.29, 1.82) is 0 Å².